The fraction of sp³-hybridized carbons (Fsp3) is 0.300. The molecule has 4 rings (SSSR count). The lowest BCUT2D eigenvalue weighted by molar-refractivity contribution is -0.136. The highest BCUT2D eigenvalue weighted by atomic mass is 16.5. The topological polar surface area (TPSA) is 88.6 Å². The molecule has 0 radical (unpaired) electrons. The van der Waals surface area contributed by atoms with E-state index >= 15 is 0 Å². The highest BCUT2D eigenvalue weighted by molar-refractivity contribution is 6.05. The number of benzene rings is 1. The number of fused-ring (bicyclic) bond motifs is 1. The number of amides is 3. The van der Waals surface area contributed by atoms with Crippen molar-refractivity contribution in [1.29, 1.82) is 0 Å². The number of imide groups is 1. The Bertz CT molecular complexity index is 970. The molecule has 7 heteroatoms. The average Bonchev–Trinajstić information content (AvgIpc) is 2.97. The molecule has 0 aliphatic carbocycles. The summed E-state index contributed by atoms with van der Waals surface area (Å²) in [6.45, 7) is 2.31. The Labute approximate surface area is 156 Å². The van der Waals surface area contributed by atoms with Crippen LogP contribution in [0.5, 0.6) is 5.88 Å². The molecule has 1 aromatic heterocycles. The van der Waals surface area contributed by atoms with Crippen LogP contribution in [0.25, 0.3) is 11.3 Å². The van der Waals surface area contributed by atoms with E-state index in [9.17, 15) is 14.4 Å². The number of hydrogen-bond donors (Lipinski definition) is 1. The number of piperidine rings is 1. The molecule has 1 unspecified atom stereocenters. The maximum absolute atomic E-state index is 12.8. The minimum absolute atomic E-state index is 0.180. The van der Waals surface area contributed by atoms with Gasteiger partial charge in [0.15, 0.2) is 0 Å². The van der Waals surface area contributed by atoms with Gasteiger partial charge in [-0.05, 0) is 42.7 Å². The summed E-state index contributed by atoms with van der Waals surface area (Å²) in [5.74, 6) is -0.340. The molecule has 2 aromatic rings. The molecule has 3 heterocycles. The summed E-state index contributed by atoms with van der Waals surface area (Å²) >= 11 is 0. The van der Waals surface area contributed by atoms with E-state index in [0.29, 0.717) is 24.4 Å². The van der Waals surface area contributed by atoms with Gasteiger partial charge in [0.1, 0.15) is 6.04 Å². The van der Waals surface area contributed by atoms with Gasteiger partial charge in [0.25, 0.3) is 5.91 Å². The van der Waals surface area contributed by atoms with Crippen molar-refractivity contribution in [1.82, 2.24) is 15.2 Å². The van der Waals surface area contributed by atoms with Crippen molar-refractivity contribution in [2.24, 2.45) is 0 Å². The second kappa shape index (κ2) is 6.50. The largest absolute Gasteiger partial charge is 0.481 e. The Morgan fingerprint density at radius 1 is 1.19 bits per heavy atom. The van der Waals surface area contributed by atoms with Gasteiger partial charge in [0.05, 0.1) is 12.8 Å². The third kappa shape index (κ3) is 3.05. The lowest BCUT2D eigenvalue weighted by atomic mass is 10.0. The van der Waals surface area contributed by atoms with Crippen molar-refractivity contribution in [2.75, 3.05) is 7.11 Å². The first kappa shape index (κ1) is 17.2. The predicted octanol–water partition coefficient (Wildman–Crippen LogP) is 1.83. The average molecular weight is 365 g/mol. The minimum Gasteiger partial charge on any atom is -0.481 e. The van der Waals surface area contributed by atoms with Crippen molar-refractivity contribution in [2.45, 2.75) is 32.4 Å². The molecule has 7 nitrogen and oxygen atoms in total. The number of aromatic nitrogens is 1. The van der Waals surface area contributed by atoms with Gasteiger partial charge in [0, 0.05) is 30.2 Å². The molecule has 2 aliphatic rings. The number of nitrogens with zero attached hydrogens (tertiary/aromatic N) is 2. The van der Waals surface area contributed by atoms with Crippen LogP contribution in [-0.2, 0) is 16.1 Å². The maximum Gasteiger partial charge on any atom is 0.255 e. The van der Waals surface area contributed by atoms with Gasteiger partial charge in [-0.1, -0.05) is 6.07 Å². The third-order valence-corrected chi connectivity index (χ3v) is 4.97. The summed E-state index contributed by atoms with van der Waals surface area (Å²) in [6.07, 6.45) is 0.600. The predicted molar refractivity (Wildman–Crippen MR) is 97.0 cm³/mol. The molecular formula is C20H19N3O4. The van der Waals surface area contributed by atoms with Crippen LogP contribution in [0.15, 0.2) is 30.3 Å². The zero-order valence-corrected chi connectivity index (χ0v) is 15.1. The molecular weight excluding hydrogens is 346 g/mol. The SMILES string of the molecule is COc1cc(C)cc(-c2ccc3c(c2)CN(C2CCC(=O)NC2=O)C3=O)n1. The van der Waals surface area contributed by atoms with Crippen LogP contribution in [0.1, 0.15) is 34.3 Å². The summed E-state index contributed by atoms with van der Waals surface area (Å²) in [4.78, 5) is 42.3. The Hall–Kier alpha value is -3.22. The summed E-state index contributed by atoms with van der Waals surface area (Å²) in [5.41, 5.74) is 4.11. The Balaban J connectivity index is 1.64. The van der Waals surface area contributed by atoms with Crippen LogP contribution >= 0.6 is 0 Å². The summed E-state index contributed by atoms with van der Waals surface area (Å²) < 4.78 is 5.24. The van der Waals surface area contributed by atoms with Crippen molar-refractivity contribution < 1.29 is 19.1 Å². The zero-order valence-electron chi connectivity index (χ0n) is 15.1. The lowest BCUT2D eigenvalue weighted by Crippen LogP contribution is -2.52. The van der Waals surface area contributed by atoms with Crippen LogP contribution in [0.2, 0.25) is 0 Å². The fourth-order valence-corrected chi connectivity index (χ4v) is 3.62. The number of aryl methyl sites for hydroxylation is 1. The molecule has 1 N–H and O–H groups in total. The summed E-state index contributed by atoms with van der Waals surface area (Å²) in [5, 5.41) is 2.31. The van der Waals surface area contributed by atoms with Gasteiger partial charge in [-0.15, -0.1) is 0 Å². The van der Waals surface area contributed by atoms with E-state index in [0.717, 1.165) is 22.4 Å². The molecule has 0 saturated carbocycles. The van der Waals surface area contributed by atoms with E-state index in [1.807, 2.05) is 31.2 Å². The van der Waals surface area contributed by atoms with Gasteiger partial charge in [-0.2, -0.15) is 0 Å². The molecule has 1 saturated heterocycles. The second-order valence-electron chi connectivity index (χ2n) is 6.84. The second-order valence-corrected chi connectivity index (χ2v) is 6.84. The number of carbonyl (C=O) groups is 3. The van der Waals surface area contributed by atoms with E-state index in [1.54, 1.807) is 18.1 Å². The zero-order chi connectivity index (χ0) is 19.1. The van der Waals surface area contributed by atoms with Crippen LogP contribution < -0.4 is 10.1 Å². The molecule has 1 aromatic carbocycles. The maximum atomic E-state index is 12.8. The highest BCUT2D eigenvalue weighted by Crippen LogP contribution is 2.31. The first-order valence-corrected chi connectivity index (χ1v) is 8.77. The van der Waals surface area contributed by atoms with Crippen molar-refractivity contribution in [3.63, 3.8) is 0 Å². The summed E-state index contributed by atoms with van der Waals surface area (Å²) in [6, 6.07) is 8.76. The van der Waals surface area contributed by atoms with Crippen molar-refractivity contribution in [3.8, 4) is 17.1 Å². The molecule has 3 amide bonds. The molecule has 138 valence electrons. The quantitative estimate of drug-likeness (QED) is 0.839. The molecule has 27 heavy (non-hydrogen) atoms. The number of carbonyl (C=O) groups excluding carboxylic acids is 3. The Morgan fingerprint density at radius 2 is 2.00 bits per heavy atom. The van der Waals surface area contributed by atoms with Gasteiger partial charge in [0.2, 0.25) is 17.7 Å². The standard InChI is InChI=1S/C20H19N3O4/c1-11-7-15(21-18(8-11)27-2)12-3-4-14-13(9-12)10-23(20(14)26)16-5-6-17(24)22-19(16)25/h3-4,7-9,16H,5-6,10H2,1-2H3,(H,22,24,25). The van der Waals surface area contributed by atoms with E-state index in [1.165, 1.54) is 0 Å². The van der Waals surface area contributed by atoms with Crippen LogP contribution in [0.3, 0.4) is 0 Å². The van der Waals surface area contributed by atoms with E-state index < -0.39 is 11.9 Å². The van der Waals surface area contributed by atoms with Gasteiger partial charge >= 0.3 is 0 Å². The van der Waals surface area contributed by atoms with Crippen LogP contribution in [0, 0.1) is 6.92 Å². The third-order valence-electron chi connectivity index (χ3n) is 4.97. The Morgan fingerprint density at radius 3 is 2.74 bits per heavy atom. The van der Waals surface area contributed by atoms with Gasteiger partial charge in [-0.25, -0.2) is 4.98 Å². The molecule has 1 fully saturated rings. The number of pyridine rings is 1. The lowest BCUT2D eigenvalue weighted by Gasteiger charge is -2.29. The fourth-order valence-electron chi connectivity index (χ4n) is 3.62. The Kier molecular flexibility index (Phi) is 4.14. The van der Waals surface area contributed by atoms with Crippen molar-refractivity contribution in [3.05, 3.63) is 47.0 Å². The van der Waals surface area contributed by atoms with E-state index in [2.05, 4.69) is 10.3 Å². The van der Waals surface area contributed by atoms with E-state index in [-0.39, 0.29) is 18.2 Å². The van der Waals surface area contributed by atoms with Crippen LogP contribution in [0.4, 0.5) is 0 Å². The first-order chi connectivity index (χ1) is 13.0. The van der Waals surface area contributed by atoms with Crippen molar-refractivity contribution >= 4 is 17.7 Å². The number of hydrogen-bond acceptors (Lipinski definition) is 5. The smallest absolute Gasteiger partial charge is 0.255 e. The first-order valence-electron chi connectivity index (χ1n) is 8.77. The molecule has 2 aliphatic heterocycles. The highest BCUT2D eigenvalue weighted by Gasteiger charge is 2.39. The minimum atomic E-state index is -0.608. The molecule has 0 spiro atoms. The van der Waals surface area contributed by atoms with Gasteiger partial charge < -0.3 is 9.64 Å². The van der Waals surface area contributed by atoms with Crippen LogP contribution in [-0.4, -0.2) is 40.8 Å². The number of methoxy groups -OCH3 is 1. The van der Waals surface area contributed by atoms with E-state index in [4.69, 9.17) is 4.74 Å². The summed E-state index contributed by atoms with van der Waals surface area (Å²) in [7, 11) is 1.57. The normalized spacial score (nSPS) is 19.1. The molecule has 1 atom stereocenters. The number of ether oxygens (including phenoxy) is 1. The molecule has 0 bridgehead atoms. The van der Waals surface area contributed by atoms with Gasteiger partial charge in [-0.3, -0.25) is 19.7 Å². The monoisotopic (exact) mass is 365 g/mol. The number of rotatable bonds is 3. The number of nitrogens with one attached hydrogen (secondary N) is 1.